The highest BCUT2D eigenvalue weighted by Gasteiger charge is 2.16. The van der Waals surface area contributed by atoms with E-state index < -0.39 is 0 Å². The molecular formula is C44H58N6O8. The lowest BCUT2D eigenvalue weighted by Crippen LogP contribution is -2.48. The van der Waals surface area contributed by atoms with Crippen molar-refractivity contribution in [1.29, 1.82) is 0 Å². The highest BCUT2D eigenvalue weighted by molar-refractivity contribution is 5.43. The average Bonchev–Trinajstić information content (AvgIpc) is 3.27. The second-order valence-corrected chi connectivity index (χ2v) is 13.1. The molecule has 5 rings (SSSR count). The van der Waals surface area contributed by atoms with E-state index in [0.29, 0.717) is 92.5 Å². The van der Waals surface area contributed by atoms with Gasteiger partial charge in [-0.3, -0.25) is 9.80 Å². The van der Waals surface area contributed by atoms with Crippen LogP contribution in [0.1, 0.15) is 0 Å². The van der Waals surface area contributed by atoms with E-state index in [1.807, 2.05) is 109 Å². The third-order valence-corrected chi connectivity index (χ3v) is 8.80. The summed E-state index contributed by atoms with van der Waals surface area (Å²) in [5, 5.41) is 16.9. The Morgan fingerprint density at radius 3 is 0.914 bits per heavy atom. The van der Waals surface area contributed by atoms with Gasteiger partial charge in [0.25, 0.3) is 0 Å². The van der Waals surface area contributed by atoms with Gasteiger partial charge in [-0.15, -0.1) is 0 Å². The van der Waals surface area contributed by atoms with Crippen LogP contribution in [0.25, 0.3) is 0 Å². The SMILES string of the molecule is c1ccc(N=Nc2ccc(OCCOCCOCCOCCN3CCN(CCOCCOCCOCCOc4ccc(N=Nc5ccccc5)cc4)CC3)cc2)cc1. The predicted molar refractivity (Wildman–Crippen MR) is 223 cm³/mol. The Morgan fingerprint density at radius 2 is 0.586 bits per heavy atom. The van der Waals surface area contributed by atoms with Crippen molar-refractivity contribution in [3.8, 4) is 11.5 Å². The molecule has 0 N–H and O–H groups in total. The van der Waals surface area contributed by atoms with Gasteiger partial charge in [0.05, 0.1) is 102 Å². The Balaban J connectivity index is 0.726. The summed E-state index contributed by atoms with van der Waals surface area (Å²) < 4.78 is 45.5. The zero-order valence-corrected chi connectivity index (χ0v) is 33.5. The Bertz CT molecular complexity index is 1540. The number of ether oxygens (including phenoxy) is 8. The summed E-state index contributed by atoms with van der Waals surface area (Å²) in [6.07, 6.45) is 0. The third-order valence-electron chi connectivity index (χ3n) is 8.80. The number of hydrogen-bond donors (Lipinski definition) is 0. The summed E-state index contributed by atoms with van der Waals surface area (Å²) in [4.78, 5) is 4.89. The van der Waals surface area contributed by atoms with Crippen LogP contribution in [-0.2, 0) is 28.4 Å². The van der Waals surface area contributed by atoms with Crippen LogP contribution in [0.3, 0.4) is 0 Å². The summed E-state index contributed by atoms with van der Waals surface area (Å²) in [6.45, 7) is 13.7. The van der Waals surface area contributed by atoms with Crippen molar-refractivity contribution in [3.05, 3.63) is 109 Å². The normalized spacial score (nSPS) is 13.8. The Hall–Kier alpha value is -4.64. The molecule has 0 aliphatic carbocycles. The van der Waals surface area contributed by atoms with Gasteiger partial charge in [-0.25, -0.2) is 0 Å². The number of rotatable bonds is 30. The second-order valence-electron chi connectivity index (χ2n) is 13.1. The zero-order chi connectivity index (χ0) is 40.0. The lowest BCUT2D eigenvalue weighted by atomic mass is 10.3. The van der Waals surface area contributed by atoms with E-state index in [0.717, 1.165) is 73.5 Å². The lowest BCUT2D eigenvalue weighted by molar-refractivity contribution is -0.000910. The Morgan fingerprint density at radius 1 is 0.310 bits per heavy atom. The van der Waals surface area contributed by atoms with Crippen LogP contribution in [0.4, 0.5) is 22.7 Å². The van der Waals surface area contributed by atoms with Crippen molar-refractivity contribution in [2.45, 2.75) is 0 Å². The van der Waals surface area contributed by atoms with E-state index in [1.54, 1.807) is 0 Å². The number of nitrogens with zero attached hydrogens (tertiary/aromatic N) is 6. The maximum atomic E-state index is 5.78. The summed E-state index contributed by atoms with van der Waals surface area (Å²) in [5.74, 6) is 1.53. The van der Waals surface area contributed by atoms with Gasteiger partial charge >= 0.3 is 0 Å². The van der Waals surface area contributed by atoms with Crippen LogP contribution in [0.2, 0.25) is 0 Å². The molecule has 14 nitrogen and oxygen atoms in total. The third kappa shape index (κ3) is 19.7. The molecule has 14 heteroatoms. The molecule has 0 radical (unpaired) electrons. The molecule has 1 heterocycles. The molecule has 0 atom stereocenters. The van der Waals surface area contributed by atoms with Gasteiger partial charge in [-0.1, -0.05) is 36.4 Å². The van der Waals surface area contributed by atoms with E-state index >= 15 is 0 Å². The second kappa shape index (κ2) is 28.7. The minimum atomic E-state index is 0.464. The summed E-state index contributed by atoms with van der Waals surface area (Å²) in [7, 11) is 0. The molecule has 1 aliphatic rings. The smallest absolute Gasteiger partial charge is 0.119 e. The van der Waals surface area contributed by atoms with Gasteiger partial charge in [0.2, 0.25) is 0 Å². The molecule has 0 saturated carbocycles. The first-order valence-electron chi connectivity index (χ1n) is 20.1. The van der Waals surface area contributed by atoms with Crippen molar-refractivity contribution >= 4 is 22.7 Å². The summed E-state index contributed by atoms with van der Waals surface area (Å²) in [5.41, 5.74) is 3.17. The van der Waals surface area contributed by atoms with E-state index in [4.69, 9.17) is 37.9 Å². The fourth-order valence-corrected chi connectivity index (χ4v) is 5.58. The zero-order valence-electron chi connectivity index (χ0n) is 33.5. The Kier molecular flexibility index (Phi) is 22.0. The minimum Gasteiger partial charge on any atom is -0.491 e. The first-order chi connectivity index (χ1) is 28.8. The minimum absolute atomic E-state index is 0.464. The number of piperazine rings is 1. The number of azo groups is 2. The van der Waals surface area contributed by atoms with Crippen LogP contribution >= 0.6 is 0 Å². The maximum Gasteiger partial charge on any atom is 0.119 e. The predicted octanol–water partition coefficient (Wildman–Crippen LogP) is 7.69. The molecule has 0 bridgehead atoms. The van der Waals surface area contributed by atoms with Gasteiger partial charge in [0.15, 0.2) is 0 Å². The molecule has 0 spiro atoms. The van der Waals surface area contributed by atoms with Gasteiger partial charge in [-0.05, 0) is 72.8 Å². The summed E-state index contributed by atoms with van der Waals surface area (Å²) in [6, 6.07) is 34.3. The molecule has 1 saturated heterocycles. The number of hydrogen-bond acceptors (Lipinski definition) is 14. The van der Waals surface area contributed by atoms with Crippen molar-refractivity contribution in [3.63, 3.8) is 0 Å². The van der Waals surface area contributed by atoms with Crippen LogP contribution in [0, 0.1) is 0 Å². The van der Waals surface area contributed by atoms with Crippen molar-refractivity contribution < 1.29 is 37.9 Å². The highest BCUT2D eigenvalue weighted by atomic mass is 16.6. The molecule has 0 unspecified atom stereocenters. The van der Waals surface area contributed by atoms with E-state index in [2.05, 4.69) is 30.3 Å². The molecule has 4 aromatic rings. The van der Waals surface area contributed by atoms with Crippen molar-refractivity contribution in [2.75, 3.05) is 132 Å². The van der Waals surface area contributed by atoms with Gasteiger partial charge in [0, 0.05) is 39.3 Å². The standard InChI is InChI=1S/C44H58N6O8/c1-3-7-39(8-4-1)45-47-41-11-15-43(16-12-41)57-37-35-55-33-31-53-29-27-51-25-23-49-19-21-50(22-20-49)24-26-52-28-30-54-32-34-56-36-38-58-44-17-13-42(14-18-44)48-46-40-9-5-2-6-10-40/h1-18H,19-38H2. The lowest BCUT2D eigenvalue weighted by Gasteiger charge is -2.34. The first kappa shape index (κ1) is 44.5. The largest absolute Gasteiger partial charge is 0.491 e. The fraction of sp³-hybridized carbons (Fsp3) is 0.455. The molecule has 58 heavy (non-hydrogen) atoms. The van der Waals surface area contributed by atoms with Gasteiger partial charge in [0.1, 0.15) is 24.7 Å². The number of benzene rings is 4. The highest BCUT2D eigenvalue weighted by Crippen LogP contribution is 2.22. The quantitative estimate of drug-likeness (QED) is 0.0383. The van der Waals surface area contributed by atoms with E-state index in [9.17, 15) is 0 Å². The van der Waals surface area contributed by atoms with Gasteiger partial charge in [-0.2, -0.15) is 20.5 Å². The molecule has 1 fully saturated rings. The first-order valence-corrected chi connectivity index (χ1v) is 20.1. The van der Waals surface area contributed by atoms with Gasteiger partial charge < -0.3 is 37.9 Å². The molecule has 0 aromatic heterocycles. The van der Waals surface area contributed by atoms with Crippen molar-refractivity contribution in [2.24, 2.45) is 20.5 Å². The van der Waals surface area contributed by atoms with E-state index in [1.165, 1.54) is 0 Å². The maximum absolute atomic E-state index is 5.78. The molecule has 4 aromatic carbocycles. The topological polar surface area (TPSA) is 130 Å². The average molecular weight is 799 g/mol. The molecular weight excluding hydrogens is 741 g/mol. The summed E-state index contributed by atoms with van der Waals surface area (Å²) >= 11 is 0. The van der Waals surface area contributed by atoms with Crippen molar-refractivity contribution in [1.82, 2.24) is 9.80 Å². The van der Waals surface area contributed by atoms with Crippen LogP contribution in [0.5, 0.6) is 11.5 Å². The fourth-order valence-electron chi connectivity index (χ4n) is 5.58. The van der Waals surface area contributed by atoms with Crippen LogP contribution < -0.4 is 9.47 Å². The van der Waals surface area contributed by atoms with Crippen LogP contribution in [0.15, 0.2) is 130 Å². The Labute approximate surface area is 342 Å². The molecule has 1 aliphatic heterocycles. The van der Waals surface area contributed by atoms with E-state index in [-0.39, 0.29) is 0 Å². The molecule has 312 valence electrons. The monoisotopic (exact) mass is 798 g/mol. The van der Waals surface area contributed by atoms with Crippen LogP contribution in [-0.4, -0.2) is 142 Å². The molecule has 0 amide bonds.